The van der Waals surface area contributed by atoms with Gasteiger partial charge in [-0.1, -0.05) is 35.4 Å². The minimum Gasteiger partial charge on any atom is -0.352 e. The van der Waals surface area contributed by atoms with Gasteiger partial charge in [-0.2, -0.15) is 0 Å². The van der Waals surface area contributed by atoms with E-state index < -0.39 is 6.04 Å². The maximum atomic E-state index is 11.3. The third-order valence-electron chi connectivity index (χ3n) is 1.91. The molecular weight excluding hydrogens is 192 g/mol. The van der Waals surface area contributed by atoms with E-state index in [1.165, 1.54) is 0 Å². The highest BCUT2D eigenvalue weighted by Crippen LogP contribution is 1.98. The number of amides is 1. The van der Waals surface area contributed by atoms with Crippen molar-refractivity contribution in [2.75, 3.05) is 0 Å². The van der Waals surface area contributed by atoms with E-state index >= 15 is 0 Å². The van der Waals surface area contributed by atoms with E-state index in [0.717, 1.165) is 5.56 Å². The second-order valence-electron chi connectivity index (χ2n) is 3.08. The van der Waals surface area contributed by atoms with Gasteiger partial charge in [-0.25, -0.2) is 0 Å². The van der Waals surface area contributed by atoms with Crippen molar-refractivity contribution in [3.63, 3.8) is 0 Å². The number of azide groups is 1. The molecule has 0 radical (unpaired) electrons. The molecule has 0 aliphatic heterocycles. The smallest absolute Gasteiger partial charge is 0.228 e. The van der Waals surface area contributed by atoms with Gasteiger partial charge >= 0.3 is 0 Å². The van der Waals surface area contributed by atoms with Crippen molar-refractivity contribution in [1.29, 1.82) is 0 Å². The molecule has 1 rings (SSSR count). The van der Waals surface area contributed by atoms with Gasteiger partial charge in [-0.15, -0.1) is 0 Å². The first-order valence-corrected chi connectivity index (χ1v) is 4.60. The SMILES string of the molecule is CC(N=[N+]=[N-])C(=O)NCc1ccccc1. The van der Waals surface area contributed by atoms with Gasteiger partial charge in [0.25, 0.3) is 0 Å². The van der Waals surface area contributed by atoms with Crippen LogP contribution in [0.25, 0.3) is 10.4 Å². The van der Waals surface area contributed by atoms with E-state index in [1.54, 1.807) is 6.92 Å². The van der Waals surface area contributed by atoms with Crippen molar-refractivity contribution >= 4 is 5.91 Å². The van der Waals surface area contributed by atoms with Crippen molar-refractivity contribution in [3.8, 4) is 0 Å². The summed E-state index contributed by atoms with van der Waals surface area (Å²) in [5.41, 5.74) is 9.16. The fourth-order valence-electron chi connectivity index (χ4n) is 1.06. The quantitative estimate of drug-likeness (QED) is 0.454. The van der Waals surface area contributed by atoms with E-state index in [0.29, 0.717) is 6.54 Å². The molecule has 1 aromatic rings. The number of carbonyl (C=O) groups excluding carboxylic acids is 1. The predicted molar refractivity (Wildman–Crippen MR) is 56.9 cm³/mol. The largest absolute Gasteiger partial charge is 0.352 e. The number of hydrogen-bond donors (Lipinski definition) is 1. The molecule has 0 fully saturated rings. The molecule has 1 atom stereocenters. The fraction of sp³-hybridized carbons (Fsp3) is 0.300. The second-order valence-corrected chi connectivity index (χ2v) is 3.08. The summed E-state index contributed by atoms with van der Waals surface area (Å²) in [6.45, 7) is 2.00. The van der Waals surface area contributed by atoms with Gasteiger partial charge in [0.2, 0.25) is 5.91 Å². The molecule has 0 heterocycles. The zero-order chi connectivity index (χ0) is 11.1. The average Bonchev–Trinajstić information content (AvgIpc) is 2.27. The molecule has 0 saturated carbocycles. The number of benzene rings is 1. The van der Waals surface area contributed by atoms with Crippen molar-refractivity contribution < 1.29 is 4.79 Å². The van der Waals surface area contributed by atoms with Crippen LogP contribution >= 0.6 is 0 Å². The van der Waals surface area contributed by atoms with Gasteiger partial charge in [-0.3, -0.25) is 4.79 Å². The third-order valence-corrected chi connectivity index (χ3v) is 1.91. The van der Waals surface area contributed by atoms with Gasteiger partial charge < -0.3 is 5.32 Å². The van der Waals surface area contributed by atoms with Crippen LogP contribution in [0.5, 0.6) is 0 Å². The van der Waals surface area contributed by atoms with Crippen LogP contribution in [0.4, 0.5) is 0 Å². The Balaban J connectivity index is 2.44. The number of rotatable bonds is 4. The Morgan fingerprint density at radius 1 is 1.53 bits per heavy atom. The summed E-state index contributed by atoms with van der Waals surface area (Å²) in [6.07, 6.45) is 0. The van der Waals surface area contributed by atoms with Crippen LogP contribution in [0, 0.1) is 0 Å². The Bertz CT molecular complexity index is 370. The number of nitrogens with one attached hydrogen (secondary N) is 1. The highest BCUT2D eigenvalue weighted by Gasteiger charge is 2.09. The second kappa shape index (κ2) is 5.67. The lowest BCUT2D eigenvalue weighted by Crippen LogP contribution is -2.30. The molecule has 0 aliphatic rings. The first-order valence-electron chi connectivity index (χ1n) is 4.60. The molecule has 0 aliphatic carbocycles. The van der Waals surface area contributed by atoms with Crippen LogP contribution in [0.2, 0.25) is 0 Å². The zero-order valence-electron chi connectivity index (χ0n) is 8.42. The van der Waals surface area contributed by atoms with E-state index in [4.69, 9.17) is 5.53 Å². The molecule has 1 N–H and O–H groups in total. The Morgan fingerprint density at radius 2 is 2.20 bits per heavy atom. The lowest BCUT2D eigenvalue weighted by molar-refractivity contribution is -0.122. The van der Waals surface area contributed by atoms with Crippen LogP contribution in [0.3, 0.4) is 0 Å². The zero-order valence-corrected chi connectivity index (χ0v) is 8.42. The molecule has 1 aromatic carbocycles. The summed E-state index contributed by atoms with van der Waals surface area (Å²) < 4.78 is 0. The van der Waals surface area contributed by atoms with Crippen molar-refractivity contribution in [2.24, 2.45) is 5.11 Å². The van der Waals surface area contributed by atoms with E-state index in [1.807, 2.05) is 30.3 Å². The number of nitrogens with zero attached hydrogens (tertiary/aromatic N) is 3. The summed E-state index contributed by atoms with van der Waals surface area (Å²) in [4.78, 5) is 13.9. The minimum absolute atomic E-state index is 0.267. The molecule has 0 spiro atoms. The van der Waals surface area contributed by atoms with Crippen LogP contribution in [0.15, 0.2) is 35.4 Å². The maximum absolute atomic E-state index is 11.3. The molecular formula is C10H12N4O. The molecule has 0 saturated heterocycles. The maximum Gasteiger partial charge on any atom is 0.228 e. The lowest BCUT2D eigenvalue weighted by atomic mass is 10.2. The van der Waals surface area contributed by atoms with E-state index in [9.17, 15) is 4.79 Å². The van der Waals surface area contributed by atoms with E-state index in [2.05, 4.69) is 15.3 Å². The standard InChI is InChI=1S/C10H12N4O/c1-8(13-14-11)10(15)12-7-9-5-3-2-4-6-9/h2-6,8H,7H2,1H3,(H,12,15). The van der Waals surface area contributed by atoms with Gasteiger partial charge in [-0.05, 0) is 18.0 Å². The van der Waals surface area contributed by atoms with Crippen LogP contribution < -0.4 is 5.32 Å². The first kappa shape index (κ1) is 11.1. The highest BCUT2D eigenvalue weighted by atomic mass is 16.2. The summed E-state index contributed by atoms with van der Waals surface area (Å²) in [6, 6.07) is 8.88. The Hall–Kier alpha value is -2.00. The lowest BCUT2D eigenvalue weighted by Gasteiger charge is -2.06. The molecule has 0 aromatic heterocycles. The topological polar surface area (TPSA) is 77.9 Å². The molecule has 15 heavy (non-hydrogen) atoms. The fourth-order valence-corrected chi connectivity index (χ4v) is 1.06. The minimum atomic E-state index is -0.668. The van der Waals surface area contributed by atoms with Crippen LogP contribution in [-0.4, -0.2) is 11.9 Å². The molecule has 0 bridgehead atoms. The summed E-state index contributed by atoms with van der Waals surface area (Å²) in [5, 5.41) is 5.99. The number of carbonyl (C=O) groups is 1. The predicted octanol–water partition coefficient (Wildman–Crippen LogP) is 2.00. The molecule has 1 unspecified atom stereocenters. The number of hydrogen-bond acceptors (Lipinski definition) is 2. The van der Waals surface area contributed by atoms with Crippen LogP contribution in [-0.2, 0) is 11.3 Å². The van der Waals surface area contributed by atoms with Gasteiger partial charge in [0.1, 0.15) is 6.04 Å². The summed E-state index contributed by atoms with van der Waals surface area (Å²) in [5.74, 6) is -0.267. The Labute approximate surface area is 87.7 Å². The normalized spacial score (nSPS) is 11.3. The average molecular weight is 204 g/mol. The van der Waals surface area contributed by atoms with Crippen molar-refractivity contribution in [3.05, 3.63) is 46.3 Å². The summed E-state index contributed by atoms with van der Waals surface area (Å²) >= 11 is 0. The third kappa shape index (κ3) is 3.70. The molecule has 5 nitrogen and oxygen atoms in total. The molecule has 78 valence electrons. The van der Waals surface area contributed by atoms with Gasteiger partial charge in [0, 0.05) is 11.5 Å². The summed E-state index contributed by atoms with van der Waals surface area (Å²) in [7, 11) is 0. The first-order chi connectivity index (χ1) is 7.24. The molecule has 5 heteroatoms. The van der Waals surface area contributed by atoms with E-state index in [-0.39, 0.29) is 5.91 Å². The van der Waals surface area contributed by atoms with Crippen molar-refractivity contribution in [1.82, 2.24) is 5.32 Å². The van der Waals surface area contributed by atoms with Gasteiger partial charge in [0.05, 0.1) is 0 Å². The molecule has 1 amide bonds. The Kier molecular flexibility index (Phi) is 4.19. The highest BCUT2D eigenvalue weighted by molar-refractivity contribution is 5.81. The Morgan fingerprint density at radius 3 is 2.80 bits per heavy atom. The van der Waals surface area contributed by atoms with Gasteiger partial charge in [0.15, 0.2) is 0 Å². The monoisotopic (exact) mass is 204 g/mol. The van der Waals surface area contributed by atoms with Crippen LogP contribution in [0.1, 0.15) is 12.5 Å². The van der Waals surface area contributed by atoms with Crippen molar-refractivity contribution in [2.45, 2.75) is 19.5 Å².